The van der Waals surface area contributed by atoms with Gasteiger partial charge >= 0.3 is 0 Å². The molecule has 1 aromatic heterocycles. The molecule has 0 aliphatic heterocycles. The lowest BCUT2D eigenvalue weighted by atomic mass is 10.2. The first-order chi connectivity index (χ1) is 16.4. The van der Waals surface area contributed by atoms with E-state index in [9.17, 15) is 9.90 Å². The topological polar surface area (TPSA) is 114 Å². The molecule has 0 aliphatic carbocycles. The van der Waals surface area contributed by atoms with E-state index < -0.39 is 0 Å². The molecule has 1 heterocycles. The SMILES string of the molecule is C=CCn1c(CNc2ccc(Cl)cc2)nnc1SCC(=O)N/N=C/c1cc(Br)cc(OC)c1O. The zero-order valence-corrected chi connectivity index (χ0v) is 21.3. The first-order valence-corrected chi connectivity index (χ1v) is 12.1. The van der Waals surface area contributed by atoms with Crippen LogP contribution in [0.2, 0.25) is 5.02 Å². The van der Waals surface area contributed by atoms with Crippen molar-refractivity contribution in [1.29, 1.82) is 0 Å². The van der Waals surface area contributed by atoms with Gasteiger partial charge in [0.15, 0.2) is 22.5 Å². The Labute approximate surface area is 214 Å². The molecule has 0 aliphatic rings. The summed E-state index contributed by atoms with van der Waals surface area (Å²) < 4.78 is 7.68. The summed E-state index contributed by atoms with van der Waals surface area (Å²) in [7, 11) is 1.45. The largest absolute Gasteiger partial charge is 0.504 e. The summed E-state index contributed by atoms with van der Waals surface area (Å²) in [5.74, 6) is 0.660. The third kappa shape index (κ3) is 6.99. The van der Waals surface area contributed by atoms with E-state index in [4.69, 9.17) is 16.3 Å². The molecule has 34 heavy (non-hydrogen) atoms. The molecule has 0 atom stereocenters. The van der Waals surface area contributed by atoms with Crippen molar-refractivity contribution in [3.05, 3.63) is 69.9 Å². The molecule has 3 N–H and O–H groups in total. The lowest BCUT2D eigenvalue weighted by Gasteiger charge is -2.09. The van der Waals surface area contributed by atoms with E-state index in [2.05, 4.69) is 48.6 Å². The van der Waals surface area contributed by atoms with Gasteiger partial charge in [-0.2, -0.15) is 5.10 Å². The van der Waals surface area contributed by atoms with E-state index in [1.165, 1.54) is 25.1 Å². The maximum atomic E-state index is 12.3. The van der Waals surface area contributed by atoms with Crippen molar-refractivity contribution in [1.82, 2.24) is 20.2 Å². The van der Waals surface area contributed by atoms with Crippen molar-refractivity contribution in [2.45, 2.75) is 18.2 Å². The van der Waals surface area contributed by atoms with Gasteiger partial charge in [-0.3, -0.25) is 4.79 Å². The number of phenolic OH excluding ortho intramolecular Hbond substituents is 1. The Morgan fingerprint density at radius 1 is 1.35 bits per heavy atom. The molecular weight excluding hydrogens is 544 g/mol. The number of halogens is 2. The van der Waals surface area contributed by atoms with Crippen LogP contribution in [0.3, 0.4) is 0 Å². The molecule has 3 aromatic rings. The Hall–Kier alpha value is -3.02. The predicted molar refractivity (Wildman–Crippen MR) is 138 cm³/mol. The molecule has 0 saturated heterocycles. The number of ether oxygens (including phenoxy) is 1. The van der Waals surface area contributed by atoms with Gasteiger partial charge in [0.05, 0.1) is 25.6 Å². The smallest absolute Gasteiger partial charge is 0.250 e. The normalized spacial score (nSPS) is 10.9. The fraction of sp³-hybridized carbons (Fsp3) is 0.182. The summed E-state index contributed by atoms with van der Waals surface area (Å²) >= 11 is 10.5. The van der Waals surface area contributed by atoms with Crippen molar-refractivity contribution < 1.29 is 14.6 Å². The minimum Gasteiger partial charge on any atom is -0.504 e. The van der Waals surface area contributed by atoms with E-state index in [0.29, 0.717) is 44.9 Å². The van der Waals surface area contributed by atoms with E-state index in [-0.39, 0.29) is 17.4 Å². The third-order valence-corrected chi connectivity index (χ3v) is 6.09. The van der Waals surface area contributed by atoms with Crippen molar-refractivity contribution in [2.75, 3.05) is 18.2 Å². The molecule has 0 spiro atoms. The van der Waals surface area contributed by atoms with Gasteiger partial charge < -0.3 is 19.7 Å². The number of amides is 1. The van der Waals surface area contributed by atoms with Crippen LogP contribution in [0.15, 0.2) is 63.8 Å². The molecule has 2 aromatic carbocycles. The number of benzene rings is 2. The standard InChI is InChI=1S/C22H22BrClN6O3S/c1-3-8-30-19(12-25-17-6-4-16(24)5-7-17)27-29-22(30)34-13-20(31)28-26-11-14-9-15(23)10-18(33-2)21(14)32/h3-7,9-11,25,32H,1,8,12-13H2,2H3,(H,28,31)/b26-11+. The Morgan fingerprint density at radius 2 is 2.12 bits per heavy atom. The molecule has 0 fully saturated rings. The highest BCUT2D eigenvalue weighted by Crippen LogP contribution is 2.32. The lowest BCUT2D eigenvalue weighted by molar-refractivity contribution is -0.118. The fourth-order valence-corrected chi connectivity index (χ4v) is 4.14. The highest BCUT2D eigenvalue weighted by molar-refractivity contribution is 9.10. The van der Waals surface area contributed by atoms with E-state index in [1.807, 2.05) is 16.7 Å². The number of methoxy groups -OCH3 is 1. The van der Waals surface area contributed by atoms with Crippen molar-refractivity contribution in [3.8, 4) is 11.5 Å². The first-order valence-electron chi connectivity index (χ1n) is 9.95. The van der Waals surface area contributed by atoms with Gasteiger partial charge in [-0.1, -0.05) is 45.4 Å². The Bertz CT molecular complexity index is 1190. The fourth-order valence-electron chi connectivity index (χ4n) is 2.80. The average Bonchev–Trinajstić information content (AvgIpc) is 3.21. The molecule has 178 valence electrons. The van der Waals surface area contributed by atoms with Crippen LogP contribution >= 0.6 is 39.3 Å². The number of hydrogen-bond donors (Lipinski definition) is 3. The Morgan fingerprint density at radius 3 is 2.82 bits per heavy atom. The maximum Gasteiger partial charge on any atom is 0.250 e. The van der Waals surface area contributed by atoms with E-state index >= 15 is 0 Å². The van der Waals surface area contributed by atoms with Gasteiger partial charge in [-0.05, 0) is 36.4 Å². The number of thioether (sulfide) groups is 1. The van der Waals surface area contributed by atoms with Gasteiger partial charge in [0.2, 0.25) is 0 Å². The summed E-state index contributed by atoms with van der Waals surface area (Å²) in [6.45, 7) is 4.72. The number of hydrogen-bond acceptors (Lipinski definition) is 8. The second-order valence-electron chi connectivity index (χ2n) is 6.79. The quantitative estimate of drug-likeness (QED) is 0.136. The summed E-state index contributed by atoms with van der Waals surface area (Å²) in [6, 6.07) is 10.6. The number of carbonyl (C=O) groups is 1. The molecule has 0 bridgehead atoms. The first kappa shape index (κ1) is 25.6. The number of anilines is 1. The van der Waals surface area contributed by atoms with E-state index in [0.717, 1.165) is 5.69 Å². The molecule has 3 rings (SSSR count). The second kappa shape index (κ2) is 12.4. The molecule has 0 unspecified atom stereocenters. The molecule has 9 nitrogen and oxygen atoms in total. The zero-order valence-electron chi connectivity index (χ0n) is 18.2. The molecule has 12 heteroatoms. The van der Waals surface area contributed by atoms with Crippen LogP contribution in [0.25, 0.3) is 0 Å². The Balaban J connectivity index is 1.57. The van der Waals surface area contributed by atoms with Crippen molar-refractivity contribution in [2.24, 2.45) is 5.10 Å². The summed E-state index contributed by atoms with van der Waals surface area (Å²) in [6.07, 6.45) is 3.08. The van der Waals surface area contributed by atoms with Crippen LogP contribution in [-0.2, 0) is 17.9 Å². The van der Waals surface area contributed by atoms with Gasteiger partial charge in [0, 0.05) is 27.3 Å². The molecule has 0 radical (unpaired) electrons. The number of aromatic hydroxyl groups is 1. The average molecular weight is 566 g/mol. The summed E-state index contributed by atoms with van der Waals surface area (Å²) in [4.78, 5) is 12.3. The minimum atomic E-state index is -0.336. The maximum absolute atomic E-state index is 12.3. The van der Waals surface area contributed by atoms with E-state index in [1.54, 1.807) is 30.3 Å². The number of phenols is 1. The van der Waals surface area contributed by atoms with Gasteiger partial charge in [-0.15, -0.1) is 16.8 Å². The molecule has 1 amide bonds. The highest BCUT2D eigenvalue weighted by atomic mass is 79.9. The highest BCUT2D eigenvalue weighted by Gasteiger charge is 2.14. The number of nitrogens with zero attached hydrogens (tertiary/aromatic N) is 4. The van der Waals surface area contributed by atoms with Crippen LogP contribution in [0, 0.1) is 0 Å². The van der Waals surface area contributed by atoms with Gasteiger partial charge in [0.25, 0.3) is 5.91 Å². The second-order valence-corrected chi connectivity index (χ2v) is 9.08. The van der Waals surface area contributed by atoms with Crippen molar-refractivity contribution in [3.63, 3.8) is 0 Å². The van der Waals surface area contributed by atoms with Crippen LogP contribution in [0.1, 0.15) is 11.4 Å². The zero-order chi connectivity index (χ0) is 24.5. The van der Waals surface area contributed by atoms with Crippen LogP contribution in [-0.4, -0.2) is 44.9 Å². The van der Waals surface area contributed by atoms with Gasteiger partial charge in [0.1, 0.15) is 0 Å². The molecular formula is C22H22BrClN6O3S. The minimum absolute atomic E-state index is 0.0738. The number of aromatic nitrogens is 3. The monoisotopic (exact) mass is 564 g/mol. The summed E-state index contributed by atoms with van der Waals surface area (Å²) in [5, 5.41) is 27.0. The van der Waals surface area contributed by atoms with Crippen LogP contribution in [0.4, 0.5) is 5.69 Å². The number of carbonyl (C=O) groups excluding carboxylic acids is 1. The number of hydrazone groups is 1. The third-order valence-electron chi connectivity index (χ3n) is 4.41. The number of allylic oxidation sites excluding steroid dienone is 1. The van der Waals surface area contributed by atoms with Crippen molar-refractivity contribution >= 4 is 57.1 Å². The summed E-state index contributed by atoms with van der Waals surface area (Å²) in [5.41, 5.74) is 3.73. The predicted octanol–water partition coefficient (Wildman–Crippen LogP) is 4.45. The molecule has 0 saturated carbocycles. The Kier molecular flexibility index (Phi) is 9.37. The number of rotatable bonds is 11. The van der Waals surface area contributed by atoms with Crippen LogP contribution < -0.4 is 15.5 Å². The van der Waals surface area contributed by atoms with Crippen LogP contribution in [0.5, 0.6) is 11.5 Å². The van der Waals surface area contributed by atoms with Gasteiger partial charge in [-0.25, -0.2) is 5.43 Å². The lowest BCUT2D eigenvalue weighted by Crippen LogP contribution is -2.20. The number of nitrogens with one attached hydrogen (secondary N) is 2.